The van der Waals surface area contributed by atoms with Crippen molar-refractivity contribution >= 4 is 57.2 Å². The maximum atomic E-state index is 2.63. The van der Waals surface area contributed by atoms with E-state index in [-0.39, 0.29) is 33.8 Å². The molecule has 0 unspecified atom stereocenters. The van der Waals surface area contributed by atoms with Gasteiger partial charge in [-0.3, -0.25) is 0 Å². The molecule has 2 heterocycles. The van der Waals surface area contributed by atoms with E-state index in [2.05, 4.69) is 260 Å². The minimum Gasteiger partial charge on any atom is -0.311 e. The first-order valence-electron chi connectivity index (χ1n) is 24.3. The number of aryl methyl sites for hydroxylation is 1. The lowest BCUT2D eigenvalue weighted by Gasteiger charge is -2.45. The first-order chi connectivity index (χ1) is 30.8. The normalized spacial score (nSPS) is 14.0. The van der Waals surface area contributed by atoms with Crippen molar-refractivity contribution in [2.45, 2.75) is 138 Å². The van der Waals surface area contributed by atoms with E-state index in [1.807, 2.05) is 0 Å². The average Bonchev–Trinajstić information content (AvgIpc) is 3.24. The van der Waals surface area contributed by atoms with E-state index >= 15 is 0 Å². The number of benzene rings is 7. The van der Waals surface area contributed by atoms with Gasteiger partial charge in [0.25, 0.3) is 6.71 Å². The Kier molecular flexibility index (Phi) is 10.8. The van der Waals surface area contributed by atoms with Gasteiger partial charge in [0.1, 0.15) is 0 Å². The van der Waals surface area contributed by atoms with E-state index in [0.29, 0.717) is 0 Å². The molecule has 7 aromatic rings. The van der Waals surface area contributed by atoms with Gasteiger partial charge in [-0.15, -0.1) is 0 Å². The van der Waals surface area contributed by atoms with Gasteiger partial charge in [-0.25, -0.2) is 0 Å². The van der Waals surface area contributed by atoms with Gasteiger partial charge >= 0.3 is 0 Å². The minimum atomic E-state index is -0.0437. The highest BCUT2D eigenvalue weighted by atomic mass is 15.2. The van der Waals surface area contributed by atoms with Crippen molar-refractivity contribution in [1.82, 2.24) is 0 Å². The number of fused-ring (bicyclic) bond motifs is 4. The largest absolute Gasteiger partial charge is 0.311 e. The Bertz CT molecular complexity index is 2990. The summed E-state index contributed by atoms with van der Waals surface area (Å²) in [7, 11) is 0. The quantitative estimate of drug-likeness (QED) is 0.163. The molecule has 0 saturated heterocycles. The molecule has 0 atom stereocenters. The van der Waals surface area contributed by atoms with E-state index < -0.39 is 0 Å². The Hall–Kier alpha value is -5.80. The predicted octanol–water partition coefficient (Wildman–Crippen LogP) is 15.9. The molecule has 0 saturated carbocycles. The van der Waals surface area contributed by atoms with Crippen molar-refractivity contribution < 1.29 is 0 Å². The van der Waals surface area contributed by atoms with Gasteiger partial charge in [-0.2, -0.15) is 0 Å². The second-order valence-corrected chi connectivity index (χ2v) is 24.6. The number of rotatable bonds is 4. The van der Waals surface area contributed by atoms with Crippen LogP contribution in [0.25, 0.3) is 22.3 Å². The van der Waals surface area contributed by atoms with Gasteiger partial charge in [-0.05, 0) is 143 Å². The Morgan fingerprint density at radius 3 is 1.24 bits per heavy atom. The molecule has 0 bridgehead atoms. The first-order valence-corrected chi connectivity index (χ1v) is 24.3. The number of hydrogen-bond donors (Lipinski definition) is 0. The van der Waals surface area contributed by atoms with Crippen molar-refractivity contribution in [2.24, 2.45) is 0 Å². The summed E-state index contributed by atoms with van der Waals surface area (Å²) >= 11 is 0. The summed E-state index contributed by atoms with van der Waals surface area (Å²) in [6.45, 7) is 37.1. The van der Waals surface area contributed by atoms with Crippen LogP contribution < -0.4 is 26.2 Å². The van der Waals surface area contributed by atoms with Gasteiger partial charge in [0.2, 0.25) is 0 Å². The number of hydrogen-bond acceptors (Lipinski definition) is 2. The zero-order valence-electron chi connectivity index (χ0n) is 42.8. The van der Waals surface area contributed by atoms with Crippen LogP contribution in [0.15, 0.2) is 140 Å². The molecule has 0 aromatic heterocycles. The van der Waals surface area contributed by atoms with Crippen LogP contribution >= 0.6 is 0 Å². The van der Waals surface area contributed by atoms with Crippen LogP contribution in [-0.2, 0) is 27.1 Å². The van der Waals surface area contributed by atoms with Crippen LogP contribution in [0.2, 0.25) is 0 Å². The van der Waals surface area contributed by atoms with E-state index in [4.69, 9.17) is 0 Å². The number of nitrogens with zero attached hydrogens (tertiary/aromatic N) is 2. The molecule has 0 radical (unpaired) electrons. The Balaban J connectivity index is 1.43. The first kappa shape index (κ1) is 45.4. The molecule has 0 N–H and O–H groups in total. The summed E-state index contributed by atoms with van der Waals surface area (Å²) in [6, 6.07) is 54.8. The van der Waals surface area contributed by atoms with Crippen LogP contribution in [0.5, 0.6) is 0 Å². The van der Waals surface area contributed by atoms with Gasteiger partial charge in [0.15, 0.2) is 0 Å². The Labute approximate surface area is 398 Å². The van der Waals surface area contributed by atoms with Crippen LogP contribution in [-0.4, -0.2) is 6.71 Å². The second kappa shape index (κ2) is 15.7. The molecule has 2 aliphatic rings. The molecule has 2 aliphatic heterocycles. The fourth-order valence-corrected chi connectivity index (χ4v) is 10.2. The van der Waals surface area contributed by atoms with E-state index in [1.54, 1.807) is 0 Å². The van der Waals surface area contributed by atoms with Crippen molar-refractivity contribution in [1.29, 1.82) is 0 Å². The third kappa shape index (κ3) is 8.11. The van der Waals surface area contributed by atoms with Gasteiger partial charge in [-0.1, -0.05) is 200 Å². The highest BCUT2D eigenvalue weighted by molar-refractivity contribution is 7.00. The van der Waals surface area contributed by atoms with Crippen molar-refractivity contribution in [3.8, 4) is 22.3 Å². The topological polar surface area (TPSA) is 6.48 Å². The highest BCUT2D eigenvalue weighted by Crippen LogP contribution is 2.49. The lowest BCUT2D eigenvalue weighted by molar-refractivity contribution is 0.590. The standard InChI is InChI=1S/C63H71BN2/c1-40-18-17-19-42(34-40)43-35-56-58-57(36-43)66(53-31-26-46(61(8,9)10)37-50(53)41-20-22-44(23-21-41)59(2,3)4)55-33-28-48(63(14,15)16)39-52(55)64(58)51-38-47(62(11,12)13)27-32-54(51)65(56)49-29-24-45(25-30-49)60(5,6)7/h17-39H,1-16H3. The summed E-state index contributed by atoms with van der Waals surface area (Å²) in [5.41, 5.74) is 24.1. The van der Waals surface area contributed by atoms with E-state index in [9.17, 15) is 0 Å². The monoisotopic (exact) mass is 867 g/mol. The zero-order valence-corrected chi connectivity index (χ0v) is 42.8. The summed E-state index contributed by atoms with van der Waals surface area (Å²) in [5, 5.41) is 0. The maximum absolute atomic E-state index is 2.63. The number of anilines is 6. The van der Waals surface area contributed by atoms with Gasteiger partial charge in [0.05, 0.1) is 5.69 Å². The molecular weight excluding hydrogens is 796 g/mol. The molecule has 0 aliphatic carbocycles. The molecular formula is C63H71BN2. The van der Waals surface area contributed by atoms with Crippen molar-refractivity contribution in [3.05, 3.63) is 173 Å². The lowest BCUT2D eigenvalue weighted by Crippen LogP contribution is -2.61. The fourth-order valence-electron chi connectivity index (χ4n) is 10.2. The molecule has 0 fully saturated rings. The zero-order chi connectivity index (χ0) is 47.5. The maximum Gasteiger partial charge on any atom is 0.252 e. The molecule has 9 rings (SSSR count). The van der Waals surface area contributed by atoms with E-state index in [1.165, 1.54) is 106 Å². The molecule has 0 amide bonds. The molecule has 0 spiro atoms. The Morgan fingerprint density at radius 1 is 0.333 bits per heavy atom. The molecule has 336 valence electrons. The smallest absolute Gasteiger partial charge is 0.252 e. The predicted molar refractivity (Wildman–Crippen MR) is 290 cm³/mol. The third-order valence-electron chi connectivity index (χ3n) is 14.3. The highest BCUT2D eigenvalue weighted by Gasteiger charge is 2.45. The van der Waals surface area contributed by atoms with Crippen LogP contribution in [0.3, 0.4) is 0 Å². The van der Waals surface area contributed by atoms with Crippen LogP contribution in [0.4, 0.5) is 34.1 Å². The lowest BCUT2D eigenvalue weighted by atomic mass is 9.33. The molecule has 66 heavy (non-hydrogen) atoms. The average molecular weight is 867 g/mol. The van der Waals surface area contributed by atoms with Crippen LogP contribution in [0.1, 0.15) is 137 Å². The van der Waals surface area contributed by atoms with Crippen molar-refractivity contribution in [3.63, 3.8) is 0 Å². The SMILES string of the molecule is Cc1cccc(-c2cc3c4c(c2)N(c2ccc(C(C)(C)C)cc2-c2ccc(C(C)(C)C)cc2)c2ccc(C(C)(C)C)cc2B4c2cc(C(C)(C)C)ccc2N3c2ccc(C(C)(C)C)cc2)c1. The Morgan fingerprint density at radius 2 is 0.758 bits per heavy atom. The summed E-state index contributed by atoms with van der Waals surface area (Å²) in [4.78, 5) is 5.21. The van der Waals surface area contributed by atoms with Crippen molar-refractivity contribution in [2.75, 3.05) is 9.80 Å². The summed E-state index contributed by atoms with van der Waals surface area (Å²) in [5.74, 6) is 0. The third-order valence-corrected chi connectivity index (χ3v) is 14.3. The van der Waals surface area contributed by atoms with Gasteiger partial charge in [0, 0.05) is 34.0 Å². The fraction of sp³-hybridized carbons (Fsp3) is 0.333. The summed E-state index contributed by atoms with van der Waals surface area (Å²) < 4.78 is 0. The van der Waals surface area contributed by atoms with E-state index in [0.717, 1.165) is 0 Å². The molecule has 2 nitrogen and oxygen atoms in total. The summed E-state index contributed by atoms with van der Waals surface area (Å²) in [6.07, 6.45) is 0. The minimum absolute atomic E-state index is 0.000810. The second-order valence-electron chi connectivity index (χ2n) is 24.6. The van der Waals surface area contributed by atoms with Gasteiger partial charge < -0.3 is 9.80 Å². The molecule has 7 aromatic carbocycles. The van der Waals surface area contributed by atoms with Crippen LogP contribution in [0, 0.1) is 6.92 Å². The molecule has 3 heteroatoms.